The molecule has 0 amide bonds. The monoisotopic (exact) mass is 579 g/mol. The van der Waals surface area contributed by atoms with E-state index >= 15 is 0 Å². The van der Waals surface area contributed by atoms with Crippen LogP contribution in [0.4, 0.5) is 5.69 Å². The molecule has 0 aliphatic rings. The molecule has 7 nitrogen and oxygen atoms in total. The van der Waals surface area contributed by atoms with Crippen LogP contribution in [0, 0.1) is 0 Å². The predicted molar refractivity (Wildman–Crippen MR) is 156 cm³/mol. The van der Waals surface area contributed by atoms with E-state index in [1.165, 1.54) is 34.9 Å². The zero-order chi connectivity index (χ0) is 26.6. The van der Waals surface area contributed by atoms with E-state index in [1.54, 1.807) is 24.3 Å². The number of carbonyl (C=O) groups excluding carboxylic acids is 2. The quantitative estimate of drug-likeness (QED) is 0.118. The van der Waals surface area contributed by atoms with E-state index in [4.69, 9.17) is 17.3 Å². The summed E-state index contributed by atoms with van der Waals surface area (Å²) in [7, 11) is 1.88. The molecule has 0 saturated heterocycles. The maximum atomic E-state index is 12.7. The minimum Gasteiger partial charge on any atom is -0.399 e. The number of benzene rings is 3. The Kier molecular flexibility index (Phi) is 8.13. The van der Waals surface area contributed by atoms with Crippen LogP contribution in [-0.2, 0) is 18.3 Å². The zero-order valence-electron chi connectivity index (χ0n) is 20.3. The molecule has 192 valence electrons. The van der Waals surface area contributed by atoms with E-state index in [9.17, 15) is 9.59 Å². The molecule has 5 rings (SSSR count). The zero-order valence-corrected chi connectivity index (χ0v) is 23.5. The first kappa shape index (κ1) is 26.4. The summed E-state index contributed by atoms with van der Waals surface area (Å²) >= 11 is 10.2. The Labute approximate surface area is 236 Å². The Balaban J connectivity index is 1.17. The van der Waals surface area contributed by atoms with Gasteiger partial charge in [-0.2, -0.15) is 0 Å². The van der Waals surface area contributed by atoms with Crippen molar-refractivity contribution in [3.8, 4) is 11.4 Å². The summed E-state index contributed by atoms with van der Waals surface area (Å²) in [4.78, 5) is 29.8. The molecule has 0 atom stereocenters. The van der Waals surface area contributed by atoms with Crippen molar-refractivity contribution in [2.24, 2.45) is 7.05 Å². The fourth-order valence-corrected chi connectivity index (χ4v) is 6.64. The normalized spacial score (nSPS) is 11.2. The number of aromatic nitrogens is 4. The van der Waals surface area contributed by atoms with Gasteiger partial charge < -0.3 is 10.3 Å². The van der Waals surface area contributed by atoms with Gasteiger partial charge in [0, 0.05) is 35.3 Å². The maximum absolute atomic E-state index is 12.7. The van der Waals surface area contributed by atoms with Crippen LogP contribution in [-0.4, -0.2) is 42.8 Å². The van der Waals surface area contributed by atoms with E-state index in [1.807, 2.05) is 54.1 Å². The number of rotatable bonds is 10. The van der Waals surface area contributed by atoms with Gasteiger partial charge >= 0.3 is 0 Å². The summed E-state index contributed by atoms with van der Waals surface area (Å²) in [5, 5.41) is 9.79. The number of thioether (sulfide) groups is 2. The van der Waals surface area contributed by atoms with Crippen LogP contribution in [0.15, 0.2) is 76.2 Å². The van der Waals surface area contributed by atoms with Crippen LogP contribution in [0.5, 0.6) is 0 Å². The number of anilines is 1. The molecule has 0 aliphatic heterocycles. The molecule has 2 heterocycles. The van der Waals surface area contributed by atoms with Gasteiger partial charge in [0.25, 0.3) is 0 Å². The highest BCUT2D eigenvalue weighted by atomic mass is 35.5. The Morgan fingerprint density at radius 2 is 1.74 bits per heavy atom. The third kappa shape index (κ3) is 6.27. The third-order valence-electron chi connectivity index (χ3n) is 5.69. The fraction of sp³-hybridized carbons (Fsp3) is 0.148. The highest BCUT2D eigenvalue weighted by molar-refractivity contribution is 8.01. The van der Waals surface area contributed by atoms with Crippen molar-refractivity contribution in [1.82, 2.24) is 19.7 Å². The topological polar surface area (TPSA) is 104 Å². The highest BCUT2D eigenvalue weighted by Gasteiger charge is 2.15. The fourth-order valence-electron chi connectivity index (χ4n) is 3.71. The minimum atomic E-state index is 0.0261. The number of hydrogen-bond acceptors (Lipinski definition) is 9. The number of fused-ring (bicyclic) bond motifs is 1. The molecular weight excluding hydrogens is 558 g/mol. The lowest BCUT2D eigenvalue weighted by Gasteiger charge is -2.04. The predicted octanol–water partition coefficient (Wildman–Crippen LogP) is 6.21. The van der Waals surface area contributed by atoms with E-state index in [0.29, 0.717) is 39.4 Å². The molecule has 38 heavy (non-hydrogen) atoms. The van der Waals surface area contributed by atoms with E-state index < -0.39 is 0 Å². The smallest absolute Gasteiger partial charge is 0.191 e. The van der Waals surface area contributed by atoms with Gasteiger partial charge in [0.2, 0.25) is 0 Å². The molecule has 0 spiro atoms. The first-order valence-electron chi connectivity index (χ1n) is 11.6. The van der Waals surface area contributed by atoms with Crippen molar-refractivity contribution >= 4 is 73.9 Å². The lowest BCUT2D eigenvalue weighted by molar-refractivity contribution is -0.116. The molecular formula is C27H22ClN5O2S3. The number of ketones is 2. The number of nitrogens with zero attached hydrogens (tertiary/aromatic N) is 4. The molecule has 0 aliphatic carbocycles. The lowest BCUT2D eigenvalue weighted by atomic mass is 10.1. The Bertz CT molecular complexity index is 1610. The number of carbonyl (C=O) groups is 2. The van der Waals surface area contributed by atoms with Crippen molar-refractivity contribution in [1.29, 1.82) is 0 Å². The van der Waals surface area contributed by atoms with Gasteiger partial charge in [0.15, 0.2) is 21.1 Å². The number of nitrogen functional groups attached to an aromatic ring is 1. The van der Waals surface area contributed by atoms with E-state index in [-0.39, 0.29) is 11.6 Å². The minimum absolute atomic E-state index is 0.0261. The van der Waals surface area contributed by atoms with Crippen LogP contribution >= 0.6 is 46.5 Å². The Morgan fingerprint density at radius 3 is 2.50 bits per heavy atom. The molecule has 0 bridgehead atoms. The van der Waals surface area contributed by atoms with Gasteiger partial charge in [-0.05, 0) is 66.2 Å². The summed E-state index contributed by atoms with van der Waals surface area (Å²) in [6.45, 7) is 0. The van der Waals surface area contributed by atoms with E-state index in [2.05, 4.69) is 15.2 Å². The van der Waals surface area contributed by atoms with Crippen molar-refractivity contribution < 1.29 is 9.59 Å². The second-order valence-corrected chi connectivity index (χ2v) is 12.1. The van der Waals surface area contributed by atoms with Gasteiger partial charge in [-0.3, -0.25) is 9.59 Å². The van der Waals surface area contributed by atoms with Crippen LogP contribution in [0.1, 0.15) is 15.9 Å². The van der Waals surface area contributed by atoms with Crippen molar-refractivity contribution in [3.05, 3.63) is 82.9 Å². The second-order valence-electron chi connectivity index (χ2n) is 8.49. The Morgan fingerprint density at radius 1 is 0.974 bits per heavy atom. The summed E-state index contributed by atoms with van der Waals surface area (Å²) < 4.78 is 3.69. The standard InChI is InChI=1S/C27H22ClN5O2S3/c1-33-25(18-5-9-20(29)10-6-18)31-32-26(33)36-14-21(34)12-16-2-11-22-24(13-16)38-27(30-22)37-15-23(35)17-3-7-19(28)8-4-17/h2-11,13H,12,14-15,29H2,1H3. The number of hydrogen-bond donors (Lipinski definition) is 1. The third-order valence-corrected chi connectivity index (χ3v) is 9.19. The number of thiazole rings is 1. The molecule has 0 fully saturated rings. The first-order valence-corrected chi connectivity index (χ1v) is 14.7. The molecule has 2 aromatic heterocycles. The van der Waals surface area contributed by atoms with E-state index in [0.717, 1.165) is 31.5 Å². The number of Topliss-reactive ketones (excluding diaryl/α,β-unsaturated/α-hetero) is 2. The first-order chi connectivity index (χ1) is 18.4. The largest absolute Gasteiger partial charge is 0.399 e. The summed E-state index contributed by atoms with van der Waals surface area (Å²) in [5.41, 5.74) is 9.79. The van der Waals surface area contributed by atoms with Gasteiger partial charge in [0.05, 0.1) is 21.7 Å². The Hall–Kier alpha value is -3.18. The molecule has 0 radical (unpaired) electrons. The van der Waals surface area contributed by atoms with Gasteiger partial charge in [-0.15, -0.1) is 21.5 Å². The molecule has 11 heteroatoms. The van der Waals surface area contributed by atoms with Gasteiger partial charge in [-0.1, -0.05) is 41.2 Å². The van der Waals surface area contributed by atoms with Crippen molar-refractivity contribution in [2.75, 3.05) is 17.2 Å². The van der Waals surface area contributed by atoms with Crippen molar-refractivity contribution in [3.63, 3.8) is 0 Å². The molecule has 2 N–H and O–H groups in total. The molecule has 3 aromatic carbocycles. The van der Waals surface area contributed by atoms with Crippen LogP contribution in [0.3, 0.4) is 0 Å². The molecule has 0 unspecified atom stereocenters. The SMILES string of the molecule is Cn1c(SCC(=O)Cc2ccc3nc(SCC(=O)c4ccc(Cl)cc4)sc3c2)nnc1-c1ccc(N)cc1. The molecule has 0 saturated carbocycles. The lowest BCUT2D eigenvalue weighted by Crippen LogP contribution is -2.06. The average molecular weight is 580 g/mol. The number of halogens is 1. The molecule has 5 aromatic rings. The second kappa shape index (κ2) is 11.7. The highest BCUT2D eigenvalue weighted by Crippen LogP contribution is 2.31. The summed E-state index contributed by atoms with van der Waals surface area (Å²) in [5.74, 6) is 1.44. The number of nitrogens with two attached hydrogens (primary N) is 1. The van der Waals surface area contributed by atoms with Crippen LogP contribution in [0.2, 0.25) is 5.02 Å². The van der Waals surface area contributed by atoms with Gasteiger partial charge in [0.1, 0.15) is 5.78 Å². The van der Waals surface area contributed by atoms with Gasteiger partial charge in [-0.25, -0.2) is 4.98 Å². The van der Waals surface area contributed by atoms with Crippen LogP contribution < -0.4 is 5.73 Å². The average Bonchev–Trinajstić information content (AvgIpc) is 3.49. The maximum Gasteiger partial charge on any atom is 0.191 e. The van der Waals surface area contributed by atoms with Crippen molar-refractivity contribution in [2.45, 2.75) is 15.9 Å². The summed E-state index contributed by atoms with van der Waals surface area (Å²) in [6, 6.07) is 20.2. The summed E-state index contributed by atoms with van der Waals surface area (Å²) in [6.07, 6.45) is 0.320. The van der Waals surface area contributed by atoms with Crippen LogP contribution in [0.25, 0.3) is 21.6 Å².